The second kappa shape index (κ2) is 8.74. The van der Waals surface area contributed by atoms with Crippen molar-refractivity contribution in [2.45, 2.75) is 87.3 Å². The zero-order chi connectivity index (χ0) is 29.2. The van der Waals surface area contributed by atoms with E-state index >= 15 is 0 Å². The molecule has 5 N–H and O–H groups in total. The molecule has 0 heterocycles. The summed E-state index contributed by atoms with van der Waals surface area (Å²) < 4.78 is 82.7. The third-order valence-corrected chi connectivity index (χ3v) is 15.9. The molecular weight excluding hydrogens is 591 g/mol. The highest BCUT2D eigenvalue weighted by atomic mass is 32.2. The van der Waals surface area contributed by atoms with Gasteiger partial charge in [-0.25, -0.2) is 25.3 Å². The van der Waals surface area contributed by atoms with E-state index in [9.17, 15) is 40.6 Å². The lowest BCUT2D eigenvalue weighted by molar-refractivity contribution is 0.0974. The molecule has 0 aromatic heterocycles. The Bertz CT molecular complexity index is 2010. The average molecular weight is 620 g/mol. The quantitative estimate of drug-likeness (QED) is 0.184. The van der Waals surface area contributed by atoms with Crippen LogP contribution in [0.15, 0.2) is 51.1 Å². The Morgan fingerprint density at radius 1 is 0.512 bits per heavy atom. The van der Waals surface area contributed by atoms with Gasteiger partial charge in [0.05, 0.1) is 48.7 Å². The molecule has 0 aliphatic heterocycles. The first kappa shape index (κ1) is 27.3. The number of nitrogens with two attached hydrogens (primary N) is 1. The molecule has 3 aliphatic rings. The average Bonchev–Trinajstić information content (AvgIpc) is 2.86. The Labute approximate surface area is 236 Å². The zero-order valence-electron chi connectivity index (χ0n) is 21.8. The van der Waals surface area contributed by atoms with Gasteiger partial charge in [-0.15, -0.1) is 0 Å². The molecule has 41 heavy (non-hydrogen) atoms. The van der Waals surface area contributed by atoms with Crippen LogP contribution >= 0.6 is 0 Å². The molecule has 13 heteroatoms. The summed E-state index contributed by atoms with van der Waals surface area (Å²) in [5.74, 6) is 0. The molecule has 3 saturated carbocycles. The maximum Gasteiger partial charge on any atom is 0.182 e. The van der Waals surface area contributed by atoms with Crippen molar-refractivity contribution in [1.29, 1.82) is 0 Å². The van der Waals surface area contributed by atoms with E-state index in [1.165, 1.54) is 24.3 Å². The molecule has 218 valence electrons. The number of aliphatic hydroxyl groups is 3. The van der Waals surface area contributed by atoms with Crippen LogP contribution in [0.4, 0.5) is 5.69 Å². The van der Waals surface area contributed by atoms with Crippen molar-refractivity contribution >= 4 is 67.5 Å². The van der Waals surface area contributed by atoms with Crippen LogP contribution in [0.2, 0.25) is 0 Å². The Morgan fingerprint density at radius 3 is 1.15 bits per heavy atom. The minimum Gasteiger partial charge on any atom is -0.398 e. The summed E-state index contributed by atoms with van der Waals surface area (Å²) in [6, 6.07) is 8.81. The van der Waals surface area contributed by atoms with Crippen LogP contribution in [0.3, 0.4) is 0 Å². The first-order valence-corrected chi connectivity index (χ1v) is 18.1. The topological polar surface area (TPSA) is 189 Å². The Morgan fingerprint density at radius 2 is 0.805 bits per heavy atom. The summed E-state index contributed by atoms with van der Waals surface area (Å²) >= 11 is 0. The second-order valence-corrected chi connectivity index (χ2v) is 18.4. The van der Waals surface area contributed by atoms with Gasteiger partial charge in [0, 0.05) is 38.0 Å². The number of benzene rings is 4. The summed E-state index contributed by atoms with van der Waals surface area (Å²) in [6.45, 7) is 0. The van der Waals surface area contributed by atoms with Crippen LogP contribution < -0.4 is 5.73 Å². The Kier molecular flexibility index (Phi) is 5.82. The molecular formula is C28H29NO9S3. The van der Waals surface area contributed by atoms with Crippen LogP contribution in [0.1, 0.15) is 38.5 Å². The predicted molar refractivity (Wildman–Crippen MR) is 153 cm³/mol. The van der Waals surface area contributed by atoms with E-state index in [-0.39, 0.29) is 75.1 Å². The molecule has 3 fully saturated rings. The number of anilines is 1. The largest absolute Gasteiger partial charge is 0.398 e. The van der Waals surface area contributed by atoms with E-state index in [0.717, 1.165) is 0 Å². The van der Waals surface area contributed by atoms with Crippen molar-refractivity contribution in [1.82, 2.24) is 0 Å². The van der Waals surface area contributed by atoms with Gasteiger partial charge in [-0.2, -0.15) is 0 Å². The van der Waals surface area contributed by atoms with Gasteiger partial charge in [-0.05, 0) is 50.7 Å². The van der Waals surface area contributed by atoms with Crippen molar-refractivity contribution in [2.75, 3.05) is 5.73 Å². The van der Waals surface area contributed by atoms with E-state index < -0.39 is 63.6 Å². The fourth-order valence-electron chi connectivity index (χ4n) is 6.54. The predicted octanol–water partition coefficient (Wildman–Crippen LogP) is 2.06. The highest BCUT2D eigenvalue weighted by Crippen LogP contribution is 2.48. The van der Waals surface area contributed by atoms with Crippen molar-refractivity contribution in [3.8, 4) is 0 Å². The van der Waals surface area contributed by atoms with E-state index in [4.69, 9.17) is 5.73 Å². The Balaban J connectivity index is 1.58. The molecule has 3 aliphatic carbocycles. The smallest absolute Gasteiger partial charge is 0.182 e. The van der Waals surface area contributed by atoms with Crippen LogP contribution in [0, 0.1) is 0 Å². The summed E-state index contributed by atoms with van der Waals surface area (Å²) in [7, 11) is -12.1. The van der Waals surface area contributed by atoms with Crippen molar-refractivity contribution in [3.05, 3.63) is 36.4 Å². The van der Waals surface area contributed by atoms with E-state index in [0.29, 0.717) is 16.2 Å². The first-order chi connectivity index (χ1) is 19.2. The standard InChI is InChI=1S/C28H29NO9S3/c29-23-11-24(39(33,34)16-5-13(30)6-16)20-3-4-22-26(41(37,38)18-9-15(32)10-18)12-25(40(35,36)17-7-14(31)8-17)21-2-1-19(23)27(20)28(21)22/h1-4,11-18,30-32H,5-10,29H2. The molecule has 0 unspecified atom stereocenters. The number of hydrogen-bond acceptors (Lipinski definition) is 10. The molecule has 0 atom stereocenters. The van der Waals surface area contributed by atoms with Crippen molar-refractivity contribution < 1.29 is 40.6 Å². The third kappa shape index (κ3) is 3.79. The van der Waals surface area contributed by atoms with Crippen molar-refractivity contribution in [3.63, 3.8) is 0 Å². The molecule has 4 aromatic carbocycles. The van der Waals surface area contributed by atoms with Crippen LogP contribution in [0.5, 0.6) is 0 Å². The van der Waals surface area contributed by atoms with Crippen LogP contribution in [-0.2, 0) is 29.5 Å². The number of aliphatic hydroxyl groups excluding tert-OH is 3. The fourth-order valence-corrected chi connectivity index (χ4v) is 12.8. The van der Waals surface area contributed by atoms with Gasteiger partial charge in [-0.1, -0.05) is 24.3 Å². The maximum atomic E-state index is 13.9. The van der Waals surface area contributed by atoms with Gasteiger partial charge < -0.3 is 21.1 Å². The van der Waals surface area contributed by atoms with Crippen LogP contribution in [-0.4, -0.2) is 74.6 Å². The lowest BCUT2D eigenvalue weighted by atomic mass is 9.93. The summed E-state index contributed by atoms with van der Waals surface area (Å²) in [5, 5.41) is 28.8. The van der Waals surface area contributed by atoms with Gasteiger partial charge in [0.2, 0.25) is 0 Å². The van der Waals surface area contributed by atoms with Gasteiger partial charge in [0.15, 0.2) is 29.5 Å². The molecule has 0 radical (unpaired) electrons. The zero-order valence-corrected chi connectivity index (χ0v) is 24.2. The summed E-state index contributed by atoms with van der Waals surface area (Å²) in [6.07, 6.45) is -1.91. The Hall–Kier alpha value is -2.55. The first-order valence-electron chi connectivity index (χ1n) is 13.5. The third-order valence-electron chi connectivity index (χ3n) is 9.26. The van der Waals surface area contributed by atoms with Gasteiger partial charge in [-0.3, -0.25) is 0 Å². The van der Waals surface area contributed by atoms with E-state index in [1.54, 1.807) is 12.1 Å². The molecule has 7 rings (SSSR count). The second-order valence-electron chi connectivity index (χ2n) is 11.8. The maximum absolute atomic E-state index is 13.9. The molecule has 0 spiro atoms. The van der Waals surface area contributed by atoms with Gasteiger partial charge in [0.1, 0.15) is 0 Å². The number of hydrogen-bond donors (Lipinski definition) is 4. The molecule has 0 bridgehead atoms. The molecule has 0 amide bonds. The number of sulfone groups is 3. The highest BCUT2D eigenvalue weighted by molar-refractivity contribution is 7.93. The minimum absolute atomic E-state index is 0.0315. The number of nitrogen functional groups attached to an aromatic ring is 1. The SMILES string of the molecule is Nc1cc(S(=O)(=O)C2CC(O)C2)c2ccc3c(S(=O)(=O)C4CC(O)C4)cc(S(=O)(=O)C4CC(O)C4)c4ccc1c2c43. The lowest BCUT2D eigenvalue weighted by Crippen LogP contribution is -2.40. The van der Waals surface area contributed by atoms with Gasteiger partial charge in [0.25, 0.3) is 0 Å². The number of rotatable bonds is 6. The van der Waals surface area contributed by atoms with E-state index in [2.05, 4.69) is 0 Å². The molecule has 4 aromatic rings. The van der Waals surface area contributed by atoms with Gasteiger partial charge >= 0.3 is 0 Å². The molecule has 0 saturated heterocycles. The van der Waals surface area contributed by atoms with Crippen molar-refractivity contribution in [2.24, 2.45) is 0 Å². The summed E-state index contributed by atoms with van der Waals surface area (Å²) in [4.78, 5) is -0.428. The fraction of sp³-hybridized carbons (Fsp3) is 0.429. The lowest BCUT2D eigenvalue weighted by Gasteiger charge is -2.33. The highest BCUT2D eigenvalue weighted by Gasteiger charge is 2.44. The summed E-state index contributed by atoms with van der Waals surface area (Å²) in [5.41, 5.74) is 6.53. The monoisotopic (exact) mass is 619 g/mol. The molecule has 10 nitrogen and oxygen atoms in total. The normalized spacial score (nSPS) is 29.0. The van der Waals surface area contributed by atoms with Crippen LogP contribution in [0.25, 0.3) is 32.3 Å². The van der Waals surface area contributed by atoms with E-state index in [1.807, 2.05) is 0 Å². The minimum atomic E-state index is -4.08.